The van der Waals surface area contributed by atoms with Gasteiger partial charge in [-0.1, -0.05) is 0 Å². The molecule has 5 nitrogen and oxygen atoms in total. The van der Waals surface area contributed by atoms with Crippen molar-refractivity contribution in [1.29, 1.82) is 0 Å². The zero-order chi connectivity index (χ0) is 15.1. The Kier molecular flexibility index (Phi) is 6.95. The molecule has 0 radical (unpaired) electrons. The molecular weight excluding hydrogens is 274 g/mol. The van der Waals surface area contributed by atoms with E-state index in [1.165, 1.54) is 7.11 Å². The van der Waals surface area contributed by atoms with Crippen LogP contribution >= 0.6 is 11.3 Å². The number of nitrogens with zero attached hydrogens (tertiary/aromatic N) is 3. The molecule has 0 aliphatic carbocycles. The zero-order valence-electron chi connectivity index (χ0n) is 13.0. The first-order chi connectivity index (χ1) is 9.47. The number of rotatable bonds is 8. The lowest BCUT2D eigenvalue weighted by Crippen LogP contribution is -2.40. The van der Waals surface area contributed by atoms with Crippen LogP contribution in [0.4, 0.5) is 5.13 Å². The molecule has 114 valence electrons. The Morgan fingerprint density at radius 2 is 2.20 bits per heavy atom. The molecule has 0 N–H and O–H groups in total. The van der Waals surface area contributed by atoms with Gasteiger partial charge in [0, 0.05) is 30.9 Å². The number of carbonyl (C=O) groups is 1. The average molecular weight is 299 g/mol. The van der Waals surface area contributed by atoms with Crippen LogP contribution < -0.4 is 4.90 Å². The summed E-state index contributed by atoms with van der Waals surface area (Å²) in [5.41, 5.74) is 0.964. The first-order valence-electron chi connectivity index (χ1n) is 6.90. The van der Waals surface area contributed by atoms with Crippen molar-refractivity contribution in [2.45, 2.75) is 32.7 Å². The summed E-state index contributed by atoms with van der Waals surface area (Å²) in [4.78, 5) is 20.3. The van der Waals surface area contributed by atoms with Crippen molar-refractivity contribution in [3.63, 3.8) is 0 Å². The minimum atomic E-state index is -0.187. The highest BCUT2D eigenvalue weighted by molar-refractivity contribution is 7.13. The fourth-order valence-corrected chi connectivity index (χ4v) is 3.16. The van der Waals surface area contributed by atoms with E-state index in [2.05, 4.69) is 47.5 Å². The van der Waals surface area contributed by atoms with E-state index in [9.17, 15) is 4.79 Å². The second kappa shape index (κ2) is 8.21. The number of carbonyl (C=O) groups excluding carboxylic acids is 1. The normalized spacial score (nSPS) is 12.5. The lowest BCUT2D eigenvalue weighted by molar-refractivity contribution is -0.140. The summed E-state index contributed by atoms with van der Waals surface area (Å²) in [6, 6.07) is 0.412. The molecule has 1 heterocycles. The molecule has 0 aromatic carbocycles. The molecule has 20 heavy (non-hydrogen) atoms. The van der Waals surface area contributed by atoms with Crippen molar-refractivity contribution >= 4 is 22.4 Å². The Labute approximate surface area is 125 Å². The number of aromatic nitrogens is 1. The van der Waals surface area contributed by atoms with Gasteiger partial charge in [0.15, 0.2) is 5.13 Å². The van der Waals surface area contributed by atoms with E-state index in [1.807, 2.05) is 5.38 Å². The van der Waals surface area contributed by atoms with Gasteiger partial charge in [-0.15, -0.1) is 11.3 Å². The van der Waals surface area contributed by atoms with Gasteiger partial charge in [0.05, 0.1) is 19.2 Å². The van der Waals surface area contributed by atoms with E-state index < -0.39 is 0 Å². The van der Waals surface area contributed by atoms with E-state index in [1.54, 1.807) is 11.3 Å². The Bertz CT molecular complexity index is 420. The fourth-order valence-electron chi connectivity index (χ4n) is 2.14. The molecule has 0 fully saturated rings. The van der Waals surface area contributed by atoms with Crippen molar-refractivity contribution in [2.24, 2.45) is 0 Å². The zero-order valence-corrected chi connectivity index (χ0v) is 13.9. The maximum Gasteiger partial charge on any atom is 0.305 e. The second-order valence-electron chi connectivity index (χ2n) is 5.09. The van der Waals surface area contributed by atoms with E-state index in [4.69, 9.17) is 0 Å². The monoisotopic (exact) mass is 299 g/mol. The Balaban J connectivity index is 2.65. The van der Waals surface area contributed by atoms with Gasteiger partial charge in [0.1, 0.15) is 0 Å². The lowest BCUT2D eigenvalue weighted by Gasteiger charge is -2.29. The third kappa shape index (κ3) is 5.09. The summed E-state index contributed by atoms with van der Waals surface area (Å²) >= 11 is 1.64. The van der Waals surface area contributed by atoms with Crippen molar-refractivity contribution < 1.29 is 9.53 Å². The average Bonchev–Trinajstić information content (AvgIpc) is 2.84. The number of esters is 1. The van der Waals surface area contributed by atoms with Gasteiger partial charge in [0.25, 0.3) is 0 Å². The minimum Gasteiger partial charge on any atom is -0.469 e. The summed E-state index contributed by atoms with van der Waals surface area (Å²) in [6.45, 7) is 6.27. The standard InChI is InChI=1S/C14H25N3O2S/c1-6-17(11(2)9-16(3)4)14-15-12(10-20-14)7-8-13(18)19-5/h10-11H,6-9H2,1-5H3. The first kappa shape index (κ1) is 16.9. The van der Waals surface area contributed by atoms with Crippen molar-refractivity contribution in [3.8, 4) is 0 Å². The number of anilines is 1. The van der Waals surface area contributed by atoms with E-state index in [0.29, 0.717) is 18.9 Å². The van der Waals surface area contributed by atoms with E-state index >= 15 is 0 Å². The first-order valence-corrected chi connectivity index (χ1v) is 7.78. The summed E-state index contributed by atoms with van der Waals surface area (Å²) in [6.07, 6.45) is 1.03. The molecule has 1 rings (SSSR count). The molecule has 0 bridgehead atoms. The third-order valence-electron chi connectivity index (χ3n) is 3.10. The lowest BCUT2D eigenvalue weighted by atomic mass is 10.2. The molecule has 0 amide bonds. The van der Waals surface area contributed by atoms with Gasteiger partial charge < -0.3 is 14.5 Å². The van der Waals surface area contributed by atoms with E-state index in [-0.39, 0.29) is 5.97 Å². The highest BCUT2D eigenvalue weighted by atomic mass is 32.1. The molecule has 0 spiro atoms. The number of methoxy groups -OCH3 is 1. The van der Waals surface area contributed by atoms with Crippen molar-refractivity contribution in [2.75, 3.05) is 39.2 Å². The summed E-state index contributed by atoms with van der Waals surface area (Å²) < 4.78 is 4.65. The van der Waals surface area contributed by atoms with Gasteiger partial charge in [-0.05, 0) is 27.9 Å². The molecule has 0 aliphatic rings. The Hall–Kier alpha value is -1.14. The predicted octanol–water partition coefficient (Wildman–Crippen LogP) is 2.03. The van der Waals surface area contributed by atoms with E-state index in [0.717, 1.165) is 23.9 Å². The maximum atomic E-state index is 11.1. The fraction of sp³-hybridized carbons (Fsp3) is 0.714. The second-order valence-corrected chi connectivity index (χ2v) is 5.93. The molecule has 0 aliphatic heterocycles. The molecule has 0 saturated carbocycles. The van der Waals surface area contributed by atoms with Crippen LogP contribution in [0.25, 0.3) is 0 Å². The molecular formula is C14H25N3O2S. The van der Waals surface area contributed by atoms with Gasteiger partial charge in [-0.25, -0.2) is 4.98 Å². The van der Waals surface area contributed by atoms with Gasteiger partial charge in [-0.2, -0.15) is 0 Å². The van der Waals surface area contributed by atoms with Crippen LogP contribution in [-0.4, -0.2) is 56.2 Å². The molecule has 1 aromatic heterocycles. The van der Waals surface area contributed by atoms with Crippen LogP contribution in [-0.2, 0) is 16.0 Å². The molecule has 1 unspecified atom stereocenters. The van der Waals surface area contributed by atoms with Crippen molar-refractivity contribution in [3.05, 3.63) is 11.1 Å². The Morgan fingerprint density at radius 3 is 2.75 bits per heavy atom. The van der Waals surface area contributed by atoms with Gasteiger partial charge in [-0.3, -0.25) is 4.79 Å². The van der Waals surface area contributed by atoms with Crippen LogP contribution in [0.15, 0.2) is 5.38 Å². The number of hydrogen-bond acceptors (Lipinski definition) is 6. The van der Waals surface area contributed by atoms with Gasteiger partial charge in [0.2, 0.25) is 0 Å². The SMILES string of the molecule is CCN(c1nc(CCC(=O)OC)cs1)C(C)CN(C)C. The molecule has 0 saturated heterocycles. The summed E-state index contributed by atoms with van der Waals surface area (Å²) in [5, 5.41) is 3.06. The largest absolute Gasteiger partial charge is 0.469 e. The minimum absolute atomic E-state index is 0.187. The summed E-state index contributed by atoms with van der Waals surface area (Å²) in [7, 11) is 5.57. The van der Waals surface area contributed by atoms with Crippen molar-refractivity contribution in [1.82, 2.24) is 9.88 Å². The summed E-state index contributed by atoms with van der Waals surface area (Å²) in [5.74, 6) is -0.187. The topological polar surface area (TPSA) is 45.7 Å². The third-order valence-corrected chi connectivity index (χ3v) is 4.03. The van der Waals surface area contributed by atoms with Gasteiger partial charge >= 0.3 is 5.97 Å². The maximum absolute atomic E-state index is 11.1. The number of thiazole rings is 1. The van der Waals surface area contributed by atoms with Crippen LogP contribution in [0.1, 0.15) is 26.0 Å². The predicted molar refractivity (Wildman–Crippen MR) is 83.5 cm³/mol. The van der Waals surface area contributed by atoms with Crippen LogP contribution in [0.3, 0.4) is 0 Å². The number of hydrogen-bond donors (Lipinski definition) is 0. The number of ether oxygens (including phenoxy) is 1. The highest BCUT2D eigenvalue weighted by Crippen LogP contribution is 2.23. The molecule has 1 aromatic rings. The van der Waals surface area contributed by atoms with Crippen LogP contribution in [0.5, 0.6) is 0 Å². The van der Waals surface area contributed by atoms with Crippen LogP contribution in [0, 0.1) is 0 Å². The van der Waals surface area contributed by atoms with Crippen LogP contribution in [0.2, 0.25) is 0 Å². The number of aryl methyl sites for hydroxylation is 1. The molecule has 1 atom stereocenters. The molecule has 6 heteroatoms. The Morgan fingerprint density at radius 1 is 1.50 bits per heavy atom. The quantitative estimate of drug-likeness (QED) is 0.687. The smallest absolute Gasteiger partial charge is 0.305 e. The highest BCUT2D eigenvalue weighted by Gasteiger charge is 2.17. The number of likely N-dealkylation sites (N-methyl/N-ethyl adjacent to an activating group) is 2.